The minimum atomic E-state index is -0.246. The number of halogens is 1. The molecule has 1 aliphatic heterocycles. The van der Waals surface area contributed by atoms with Crippen molar-refractivity contribution in [3.05, 3.63) is 47.9 Å². The molecule has 0 radical (unpaired) electrons. The molecule has 0 spiro atoms. The molecule has 1 aromatic carbocycles. The van der Waals surface area contributed by atoms with Gasteiger partial charge >= 0.3 is 0 Å². The number of piperazine rings is 1. The number of benzene rings is 1. The smallest absolute Gasteiger partial charge is 0.158 e. The predicted molar refractivity (Wildman–Crippen MR) is 108 cm³/mol. The summed E-state index contributed by atoms with van der Waals surface area (Å²) < 4.78 is 20.6. The first-order valence-corrected chi connectivity index (χ1v) is 9.82. The molecule has 0 saturated carbocycles. The number of aryl methyl sites for hydroxylation is 1. The lowest BCUT2D eigenvalue weighted by molar-refractivity contribution is 0.111. The quantitative estimate of drug-likeness (QED) is 0.613. The molecule has 0 N–H and O–H groups in total. The molecular formula is C21H26FN5O. The van der Waals surface area contributed by atoms with Crippen LogP contribution in [0.3, 0.4) is 0 Å². The van der Waals surface area contributed by atoms with Gasteiger partial charge in [-0.2, -0.15) is 9.61 Å². The third-order valence-corrected chi connectivity index (χ3v) is 5.13. The van der Waals surface area contributed by atoms with Crippen LogP contribution in [0.2, 0.25) is 0 Å². The van der Waals surface area contributed by atoms with E-state index in [2.05, 4.69) is 20.9 Å². The molecule has 0 aliphatic carbocycles. The fourth-order valence-electron chi connectivity index (χ4n) is 3.61. The Morgan fingerprint density at radius 2 is 1.82 bits per heavy atom. The fraction of sp³-hybridized carbons (Fsp3) is 0.429. The number of ether oxygens (including phenoxy) is 1. The van der Waals surface area contributed by atoms with Gasteiger partial charge in [0.05, 0.1) is 12.3 Å². The first-order chi connectivity index (χ1) is 13.6. The van der Waals surface area contributed by atoms with E-state index in [0.29, 0.717) is 0 Å². The maximum Gasteiger partial charge on any atom is 0.158 e. The lowest BCUT2D eigenvalue weighted by atomic mass is 10.1. The maximum atomic E-state index is 13.2. The number of fused-ring (bicyclic) bond motifs is 1. The van der Waals surface area contributed by atoms with Gasteiger partial charge in [-0.15, -0.1) is 0 Å². The summed E-state index contributed by atoms with van der Waals surface area (Å²) in [5.74, 6) is 0.810. The third-order valence-electron chi connectivity index (χ3n) is 5.13. The Morgan fingerprint density at radius 3 is 2.54 bits per heavy atom. The zero-order valence-electron chi connectivity index (χ0n) is 16.4. The molecule has 7 heteroatoms. The van der Waals surface area contributed by atoms with Crippen LogP contribution in [0.25, 0.3) is 16.9 Å². The van der Waals surface area contributed by atoms with Crippen molar-refractivity contribution < 1.29 is 9.13 Å². The predicted octanol–water partition coefficient (Wildman–Crippen LogP) is 3.00. The second-order valence-electron chi connectivity index (χ2n) is 7.09. The summed E-state index contributed by atoms with van der Waals surface area (Å²) in [7, 11) is 0. The van der Waals surface area contributed by atoms with Gasteiger partial charge < -0.3 is 9.64 Å². The van der Waals surface area contributed by atoms with E-state index in [-0.39, 0.29) is 5.82 Å². The van der Waals surface area contributed by atoms with Gasteiger partial charge in [-0.25, -0.2) is 9.37 Å². The largest absolute Gasteiger partial charge is 0.380 e. The van der Waals surface area contributed by atoms with Crippen molar-refractivity contribution in [3.63, 3.8) is 0 Å². The van der Waals surface area contributed by atoms with E-state index in [1.54, 1.807) is 12.1 Å². The van der Waals surface area contributed by atoms with Gasteiger partial charge in [0.15, 0.2) is 5.65 Å². The van der Waals surface area contributed by atoms with Gasteiger partial charge in [0.2, 0.25) is 0 Å². The third kappa shape index (κ3) is 4.00. The number of hydrogen-bond acceptors (Lipinski definition) is 5. The highest BCUT2D eigenvalue weighted by molar-refractivity contribution is 5.66. The minimum Gasteiger partial charge on any atom is -0.380 e. The number of aromatic nitrogens is 3. The van der Waals surface area contributed by atoms with Gasteiger partial charge in [0.1, 0.15) is 11.6 Å². The highest BCUT2D eigenvalue weighted by atomic mass is 19.1. The van der Waals surface area contributed by atoms with Gasteiger partial charge in [0, 0.05) is 62.7 Å². The van der Waals surface area contributed by atoms with E-state index in [1.165, 1.54) is 12.1 Å². The Kier molecular flexibility index (Phi) is 5.54. The molecule has 28 heavy (non-hydrogen) atoms. The molecule has 0 amide bonds. The van der Waals surface area contributed by atoms with Crippen LogP contribution in [0.15, 0.2) is 36.4 Å². The minimum absolute atomic E-state index is 0.246. The van der Waals surface area contributed by atoms with E-state index in [4.69, 9.17) is 9.84 Å². The van der Waals surface area contributed by atoms with Crippen LogP contribution < -0.4 is 4.90 Å². The first-order valence-electron chi connectivity index (χ1n) is 9.82. The zero-order chi connectivity index (χ0) is 19.5. The molecule has 0 atom stereocenters. The van der Waals surface area contributed by atoms with Gasteiger partial charge in [0.25, 0.3) is 0 Å². The molecular weight excluding hydrogens is 357 g/mol. The van der Waals surface area contributed by atoms with Gasteiger partial charge in [-0.3, -0.25) is 4.90 Å². The van der Waals surface area contributed by atoms with Crippen molar-refractivity contribution in [1.29, 1.82) is 0 Å². The number of anilines is 1. The van der Waals surface area contributed by atoms with Crippen LogP contribution >= 0.6 is 0 Å². The van der Waals surface area contributed by atoms with E-state index >= 15 is 0 Å². The molecule has 0 unspecified atom stereocenters. The van der Waals surface area contributed by atoms with Crippen molar-refractivity contribution in [2.75, 3.05) is 50.8 Å². The van der Waals surface area contributed by atoms with Gasteiger partial charge in [-0.05, 0) is 38.1 Å². The number of nitrogens with zero attached hydrogens (tertiary/aromatic N) is 5. The Labute approximate surface area is 164 Å². The van der Waals surface area contributed by atoms with Crippen LogP contribution in [-0.2, 0) is 4.74 Å². The molecule has 6 nitrogen and oxygen atoms in total. The van der Waals surface area contributed by atoms with Crippen LogP contribution in [0.4, 0.5) is 10.2 Å². The molecule has 1 aliphatic rings. The standard InChI is InChI=1S/C21H26FN5O/c1-3-28-13-12-25-8-10-26(11-9-25)21-14-16(2)23-20-15-19(24-27(20)21)17-4-6-18(22)7-5-17/h4-7,14-15H,3,8-13H2,1-2H3. The van der Waals surface area contributed by atoms with Crippen molar-refractivity contribution in [1.82, 2.24) is 19.5 Å². The van der Waals surface area contributed by atoms with Crippen molar-refractivity contribution in [3.8, 4) is 11.3 Å². The molecule has 2 aromatic heterocycles. The summed E-state index contributed by atoms with van der Waals surface area (Å²) in [6.07, 6.45) is 0. The Morgan fingerprint density at radius 1 is 1.07 bits per heavy atom. The average molecular weight is 383 g/mol. The molecule has 3 heterocycles. The average Bonchev–Trinajstić information content (AvgIpc) is 3.12. The molecule has 0 bridgehead atoms. The number of rotatable bonds is 6. The Balaban J connectivity index is 1.56. The second-order valence-corrected chi connectivity index (χ2v) is 7.09. The summed E-state index contributed by atoms with van der Waals surface area (Å²) in [6, 6.07) is 10.5. The van der Waals surface area contributed by atoms with Crippen LogP contribution in [0.1, 0.15) is 12.6 Å². The summed E-state index contributed by atoms with van der Waals surface area (Å²) in [6.45, 7) is 10.4. The normalized spacial score (nSPS) is 15.5. The van der Waals surface area contributed by atoms with Crippen molar-refractivity contribution in [2.24, 2.45) is 0 Å². The van der Waals surface area contributed by atoms with Crippen LogP contribution in [0, 0.1) is 12.7 Å². The summed E-state index contributed by atoms with van der Waals surface area (Å²) in [5, 5.41) is 4.77. The monoisotopic (exact) mass is 383 g/mol. The second kappa shape index (κ2) is 8.24. The molecule has 1 saturated heterocycles. The molecule has 4 rings (SSSR count). The van der Waals surface area contributed by atoms with E-state index in [9.17, 15) is 4.39 Å². The first kappa shape index (κ1) is 18.8. The highest BCUT2D eigenvalue weighted by Crippen LogP contribution is 2.24. The van der Waals surface area contributed by atoms with E-state index in [1.807, 2.05) is 24.4 Å². The SMILES string of the molecule is CCOCCN1CCN(c2cc(C)nc3cc(-c4ccc(F)cc4)nn23)CC1. The molecule has 148 valence electrons. The van der Waals surface area contributed by atoms with Gasteiger partial charge in [-0.1, -0.05) is 0 Å². The van der Waals surface area contributed by atoms with E-state index < -0.39 is 0 Å². The molecule has 3 aromatic rings. The molecule has 1 fully saturated rings. The highest BCUT2D eigenvalue weighted by Gasteiger charge is 2.20. The Hall–Kier alpha value is -2.51. The Bertz CT molecular complexity index is 932. The van der Waals surface area contributed by atoms with Crippen LogP contribution in [0.5, 0.6) is 0 Å². The van der Waals surface area contributed by atoms with Crippen LogP contribution in [-0.4, -0.2) is 65.4 Å². The maximum absolute atomic E-state index is 13.2. The topological polar surface area (TPSA) is 45.9 Å². The zero-order valence-corrected chi connectivity index (χ0v) is 16.4. The summed E-state index contributed by atoms with van der Waals surface area (Å²) in [4.78, 5) is 9.43. The summed E-state index contributed by atoms with van der Waals surface area (Å²) >= 11 is 0. The lowest BCUT2D eigenvalue weighted by Gasteiger charge is -2.35. The van der Waals surface area contributed by atoms with Crippen molar-refractivity contribution in [2.45, 2.75) is 13.8 Å². The van der Waals surface area contributed by atoms with Crippen molar-refractivity contribution >= 4 is 11.5 Å². The number of hydrogen-bond donors (Lipinski definition) is 0. The van der Waals surface area contributed by atoms with E-state index in [0.717, 1.165) is 74.4 Å². The summed E-state index contributed by atoms with van der Waals surface area (Å²) in [5.41, 5.74) is 3.46. The fourth-order valence-corrected chi connectivity index (χ4v) is 3.61. The lowest BCUT2D eigenvalue weighted by Crippen LogP contribution is -2.48.